The van der Waals surface area contributed by atoms with Crippen LogP contribution in [0, 0.1) is 0 Å². The predicted octanol–water partition coefficient (Wildman–Crippen LogP) is 3.68. The summed E-state index contributed by atoms with van der Waals surface area (Å²) in [6.45, 7) is 0. The van der Waals surface area contributed by atoms with E-state index in [4.69, 9.17) is 0 Å². The lowest BCUT2D eigenvalue weighted by Crippen LogP contribution is -2.52. The summed E-state index contributed by atoms with van der Waals surface area (Å²) in [6, 6.07) is 7.61. The third-order valence-electron chi connectivity index (χ3n) is 4.49. The van der Waals surface area contributed by atoms with Crippen molar-refractivity contribution < 1.29 is 14.7 Å². The topological polar surface area (TPSA) is 66.4 Å². The van der Waals surface area contributed by atoms with Gasteiger partial charge >= 0.3 is 5.97 Å². The van der Waals surface area contributed by atoms with Crippen LogP contribution in [0.5, 0.6) is 0 Å². The average molecular weight is 351 g/mol. The van der Waals surface area contributed by atoms with Crippen molar-refractivity contribution >= 4 is 35.4 Å². The quantitative estimate of drug-likeness (QED) is 0.866. The normalized spacial score (nSPS) is 21.0. The van der Waals surface area contributed by atoms with Crippen LogP contribution in [-0.2, 0) is 4.79 Å². The fourth-order valence-corrected chi connectivity index (χ4v) is 6.03. The standard InChI is InChI=1S/C17H21NO3S2/c19-14(18-17(16(20)21)8-1-2-9-17)12-4-6-13(7-5-12)15-22-10-3-11-23-15/h4-7,15H,1-3,8-11H2,(H,18,19)(H,20,21). The Hall–Kier alpha value is -1.14. The molecule has 1 aliphatic heterocycles. The van der Waals surface area contributed by atoms with Gasteiger partial charge in [0.1, 0.15) is 5.54 Å². The Morgan fingerprint density at radius 3 is 2.22 bits per heavy atom. The highest BCUT2D eigenvalue weighted by Gasteiger charge is 2.42. The van der Waals surface area contributed by atoms with Crippen LogP contribution in [0.2, 0.25) is 0 Å². The summed E-state index contributed by atoms with van der Waals surface area (Å²) in [7, 11) is 0. The van der Waals surface area contributed by atoms with Gasteiger partial charge in [0, 0.05) is 5.56 Å². The third-order valence-corrected chi connectivity index (χ3v) is 7.51. The lowest BCUT2D eigenvalue weighted by molar-refractivity contribution is -0.144. The van der Waals surface area contributed by atoms with Crippen molar-refractivity contribution in [1.29, 1.82) is 0 Å². The second kappa shape index (κ2) is 7.18. The highest BCUT2D eigenvalue weighted by atomic mass is 32.2. The number of carboxylic acid groups (broad SMARTS) is 1. The Balaban J connectivity index is 1.69. The molecule has 0 radical (unpaired) electrons. The number of amides is 1. The van der Waals surface area contributed by atoms with E-state index >= 15 is 0 Å². The Bertz CT molecular complexity index is 576. The number of carbonyl (C=O) groups is 2. The van der Waals surface area contributed by atoms with E-state index < -0.39 is 11.5 Å². The zero-order valence-corrected chi connectivity index (χ0v) is 14.5. The molecule has 1 saturated carbocycles. The van der Waals surface area contributed by atoms with Crippen LogP contribution < -0.4 is 5.32 Å². The van der Waals surface area contributed by atoms with Crippen LogP contribution >= 0.6 is 23.5 Å². The number of rotatable bonds is 4. The molecule has 0 unspecified atom stereocenters. The SMILES string of the molecule is O=C(NC1(C(=O)O)CCCC1)c1ccc(C2SCCCS2)cc1. The number of carboxylic acids is 1. The second-order valence-electron chi connectivity index (χ2n) is 6.10. The Kier molecular flexibility index (Phi) is 5.21. The van der Waals surface area contributed by atoms with Gasteiger partial charge in [-0.2, -0.15) is 0 Å². The summed E-state index contributed by atoms with van der Waals surface area (Å²) in [6.07, 6.45) is 3.98. The predicted molar refractivity (Wildman–Crippen MR) is 95.0 cm³/mol. The summed E-state index contributed by atoms with van der Waals surface area (Å²) >= 11 is 3.89. The Morgan fingerprint density at radius 2 is 1.65 bits per heavy atom. The molecule has 1 aromatic rings. The molecule has 2 fully saturated rings. The Labute approximate surface area is 144 Å². The van der Waals surface area contributed by atoms with Crippen molar-refractivity contribution in [1.82, 2.24) is 5.32 Å². The van der Waals surface area contributed by atoms with Gasteiger partial charge in [-0.15, -0.1) is 23.5 Å². The number of aliphatic carboxylic acids is 1. The maximum atomic E-state index is 12.4. The molecule has 1 saturated heterocycles. The number of hydrogen-bond donors (Lipinski definition) is 2. The average Bonchev–Trinajstić information content (AvgIpc) is 3.06. The van der Waals surface area contributed by atoms with E-state index in [1.165, 1.54) is 23.5 Å². The molecule has 2 N–H and O–H groups in total. The zero-order chi connectivity index (χ0) is 16.3. The number of hydrogen-bond acceptors (Lipinski definition) is 4. The van der Waals surface area contributed by atoms with Crippen LogP contribution in [0.25, 0.3) is 0 Å². The molecule has 4 nitrogen and oxygen atoms in total. The van der Waals surface area contributed by atoms with E-state index in [9.17, 15) is 14.7 Å². The molecule has 1 heterocycles. The van der Waals surface area contributed by atoms with Crippen molar-refractivity contribution in [3.63, 3.8) is 0 Å². The first-order valence-electron chi connectivity index (χ1n) is 8.00. The zero-order valence-electron chi connectivity index (χ0n) is 12.9. The highest BCUT2D eigenvalue weighted by molar-refractivity contribution is 8.16. The van der Waals surface area contributed by atoms with Gasteiger partial charge in [-0.3, -0.25) is 4.79 Å². The largest absolute Gasteiger partial charge is 0.480 e. The molecule has 1 aliphatic carbocycles. The monoisotopic (exact) mass is 351 g/mol. The number of thioether (sulfide) groups is 2. The van der Waals surface area contributed by atoms with E-state index in [2.05, 4.69) is 5.32 Å². The van der Waals surface area contributed by atoms with Crippen LogP contribution in [-0.4, -0.2) is 34.0 Å². The molecular weight excluding hydrogens is 330 g/mol. The molecule has 1 amide bonds. The van der Waals surface area contributed by atoms with Gasteiger partial charge in [-0.25, -0.2) is 4.79 Å². The minimum atomic E-state index is -1.08. The Morgan fingerprint density at radius 1 is 1.04 bits per heavy atom. The smallest absolute Gasteiger partial charge is 0.329 e. The molecule has 124 valence electrons. The third kappa shape index (κ3) is 3.69. The van der Waals surface area contributed by atoms with Gasteiger partial charge in [-0.1, -0.05) is 25.0 Å². The minimum absolute atomic E-state index is 0.287. The van der Waals surface area contributed by atoms with E-state index in [0.717, 1.165) is 12.8 Å². The first-order valence-corrected chi connectivity index (χ1v) is 10.1. The van der Waals surface area contributed by atoms with Crippen molar-refractivity contribution in [2.45, 2.75) is 42.2 Å². The molecule has 23 heavy (non-hydrogen) atoms. The summed E-state index contributed by atoms with van der Waals surface area (Å²) in [4.78, 5) is 23.9. The van der Waals surface area contributed by atoms with Gasteiger partial charge < -0.3 is 10.4 Å². The van der Waals surface area contributed by atoms with Crippen molar-refractivity contribution in [3.8, 4) is 0 Å². The summed E-state index contributed by atoms with van der Waals surface area (Å²) in [5, 5.41) is 12.2. The van der Waals surface area contributed by atoms with Crippen LogP contribution in [0.3, 0.4) is 0 Å². The molecular formula is C17H21NO3S2. The van der Waals surface area contributed by atoms with E-state index in [1.807, 2.05) is 47.8 Å². The molecule has 0 bridgehead atoms. The lowest BCUT2D eigenvalue weighted by atomic mass is 9.97. The number of nitrogens with one attached hydrogen (secondary N) is 1. The first kappa shape index (κ1) is 16.7. The fourth-order valence-electron chi connectivity index (χ4n) is 3.13. The van der Waals surface area contributed by atoms with Gasteiger partial charge in [-0.05, 0) is 48.5 Å². The maximum Gasteiger partial charge on any atom is 0.329 e. The molecule has 0 aromatic heterocycles. The summed E-state index contributed by atoms with van der Waals surface area (Å²) in [5.74, 6) is 1.15. The lowest BCUT2D eigenvalue weighted by Gasteiger charge is -2.25. The molecule has 1 aromatic carbocycles. The van der Waals surface area contributed by atoms with Crippen molar-refractivity contribution in [2.75, 3.05) is 11.5 Å². The fraction of sp³-hybridized carbons (Fsp3) is 0.529. The molecule has 2 aliphatic rings. The minimum Gasteiger partial charge on any atom is -0.480 e. The summed E-state index contributed by atoms with van der Waals surface area (Å²) in [5.41, 5.74) is 0.683. The highest BCUT2D eigenvalue weighted by Crippen LogP contribution is 2.43. The molecule has 3 rings (SSSR count). The molecule has 0 spiro atoms. The summed E-state index contributed by atoms with van der Waals surface area (Å²) < 4.78 is 0.445. The van der Waals surface area contributed by atoms with Gasteiger partial charge in [0.15, 0.2) is 0 Å². The van der Waals surface area contributed by atoms with Crippen LogP contribution in [0.4, 0.5) is 0 Å². The molecule has 6 heteroatoms. The number of carbonyl (C=O) groups excluding carboxylic acids is 1. The van der Waals surface area contributed by atoms with E-state index in [1.54, 1.807) is 0 Å². The van der Waals surface area contributed by atoms with Crippen LogP contribution in [0.1, 0.15) is 52.6 Å². The van der Waals surface area contributed by atoms with E-state index in [0.29, 0.717) is 23.0 Å². The number of benzene rings is 1. The van der Waals surface area contributed by atoms with Crippen molar-refractivity contribution in [3.05, 3.63) is 35.4 Å². The first-order chi connectivity index (χ1) is 11.1. The van der Waals surface area contributed by atoms with Gasteiger partial charge in [0.25, 0.3) is 5.91 Å². The van der Waals surface area contributed by atoms with E-state index in [-0.39, 0.29) is 5.91 Å². The molecule has 0 atom stereocenters. The van der Waals surface area contributed by atoms with Crippen LogP contribution in [0.15, 0.2) is 24.3 Å². The maximum absolute atomic E-state index is 12.4. The van der Waals surface area contributed by atoms with Gasteiger partial charge in [0.05, 0.1) is 4.58 Å². The second-order valence-corrected chi connectivity index (χ2v) is 8.82. The van der Waals surface area contributed by atoms with Gasteiger partial charge in [0.2, 0.25) is 0 Å². The van der Waals surface area contributed by atoms with Crippen molar-refractivity contribution in [2.24, 2.45) is 0 Å².